The van der Waals surface area contributed by atoms with Crippen molar-refractivity contribution < 1.29 is 0 Å². The third kappa shape index (κ3) is 2.71. The van der Waals surface area contributed by atoms with Crippen LogP contribution in [0.2, 0.25) is 0 Å². The van der Waals surface area contributed by atoms with E-state index in [1.54, 1.807) is 6.07 Å². The van der Waals surface area contributed by atoms with Crippen LogP contribution in [0.5, 0.6) is 0 Å². The Hall–Kier alpha value is -1.60. The minimum atomic E-state index is 0.191. The molecule has 5 N–H and O–H groups in total. The number of nitrogen functional groups attached to an aromatic ring is 2. The molecule has 0 saturated carbocycles. The lowest BCUT2D eigenvalue weighted by atomic mass is 10.4. The fraction of sp³-hybridized carbons (Fsp3) is 0.556. The van der Waals surface area contributed by atoms with E-state index in [-0.39, 0.29) is 5.95 Å². The van der Waals surface area contributed by atoms with E-state index in [1.165, 1.54) is 0 Å². The number of hydrogen-bond donors (Lipinski definition) is 3. The quantitative estimate of drug-likeness (QED) is 0.605. The first kappa shape index (κ1) is 10.9. The largest absolute Gasteiger partial charge is 0.383 e. The second-order valence-electron chi connectivity index (χ2n) is 3.94. The topological polar surface area (TPSA) is 96.3 Å². The van der Waals surface area contributed by atoms with Crippen molar-refractivity contribution in [3.8, 4) is 0 Å². The fourth-order valence-corrected chi connectivity index (χ4v) is 1.62. The molecule has 2 heterocycles. The summed E-state index contributed by atoms with van der Waals surface area (Å²) in [4.78, 5) is 10.2. The van der Waals surface area contributed by atoms with E-state index in [9.17, 15) is 0 Å². The first-order valence-corrected chi connectivity index (χ1v) is 5.23. The van der Waals surface area contributed by atoms with Crippen LogP contribution >= 0.6 is 0 Å². The van der Waals surface area contributed by atoms with E-state index in [1.807, 2.05) is 0 Å². The Morgan fingerprint density at radius 2 is 1.88 bits per heavy atom. The number of anilines is 3. The van der Waals surface area contributed by atoms with Gasteiger partial charge in [0, 0.05) is 32.2 Å². The van der Waals surface area contributed by atoms with Gasteiger partial charge in [0.25, 0.3) is 0 Å². The summed E-state index contributed by atoms with van der Waals surface area (Å²) in [5.41, 5.74) is 14.3. The molecule has 0 radical (unpaired) electrons. The van der Waals surface area contributed by atoms with Gasteiger partial charge in [0.05, 0.1) is 0 Å². The summed E-state index contributed by atoms with van der Waals surface area (Å²) in [6.07, 6.45) is 0. The van der Waals surface area contributed by atoms with Crippen molar-refractivity contribution in [1.29, 1.82) is 0 Å². The Balaban J connectivity index is 1.98. The molecule has 1 aliphatic rings. The van der Waals surface area contributed by atoms with Gasteiger partial charge in [0.1, 0.15) is 11.6 Å². The Kier molecular flexibility index (Phi) is 3.07. The van der Waals surface area contributed by atoms with Crippen LogP contribution in [0.4, 0.5) is 17.6 Å². The van der Waals surface area contributed by atoms with Crippen molar-refractivity contribution in [2.24, 2.45) is 0 Å². The number of nitrogens with one attached hydrogen (secondary N) is 1. The zero-order valence-electron chi connectivity index (χ0n) is 9.35. The van der Waals surface area contributed by atoms with Crippen molar-refractivity contribution in [3.63, 3.8) is 0 Å². The van der Waals surface area contributed by atoms with E-state index >= 15 is 0 Å². The highest BCUT2D eigenvalue weighted by atomic mass is 15.5. The molecule has 1 aromatic rings. The maximum atomic E-state index is 5.59. The SMILES string of the molecule is CN1CCN(Nc2cc(N)nc(N)n2)CC1. The summed E-state index contributed by atoms with van der Waals surface area (Å²) in [6.45, 7) is 3.95. The molecule has 1 aliphatic heterocycles. The Bertz CT molecular complexity index is 339. The molecule has 88 valence electrons. The maximum absolute atomic E-state index is 5.59. The number of piperazine rings is 1. The van der Waals surface area contributed by atoms with Crippen molar-refractivity contribution in [3.05, 3.63) is 6.07 Å². The van der Waals surface area contributed by atoms with E-state index in [0.29, 0.717) is 11.6 Å². The van der Waals surface area contributed by atoms with Crippen LogP contribution in [0, 0.1) is 0 Å². The third-order valence-corrected chi connectivity index (χ3v) is 2.54. The summed E-state index contributed by atoms with van der Waals surface area (Å²) < 4.78 is 0. The van der Waals surface area contributed by atoms with E-state index < -0.39 is 0 Å². The number of aromatic nitrogens is 2. The fourth-order valence-electron chi connectivity index (χ4n) is 1.62. The molecule has 1 aromatic heterocycles. The average molecular weight is 223 g/mol. The highest BCUT2D eigenvalue weighted by Crippen LogP contribution is 2.11. The summed E-state index contributed by atoms with van der Waals surface area (Å²) in [5, 5.41) is 2.10. The first-order chi connectivity index (χ1) is 7.63. The molecule has 0 aromatic carbocycles. The Morgan fingerprint density at radius 3 is 2.50 bits per heavy atom. The van der Waals surface area contributed by atoms with Gasteiger partial charge < -0.3 is 21.8 Å². The lowest BCUT2D eigenvalue weighted by Crippen LogP contribution is -2.47. The van der Waals surface area contributed by atoms with Gasteiger partial charge in [-0.2, -0.15) is 9.97 Å². The van der Waals surface area contributed by atoms with Crippen LogP contribution < -0.4 is 16.9 Å². The predicted octanol–water partition coefficient (Wildman–Crippen LogP) is -0.785. The molecule has 2 rings (SSSR count). The summed E-state index contributed by atoms with van der Waals surface area (Å²) in [5.74, 6) is 1.22. The van der Waals surface area contributed by atoms with Gasteiger partial charge in [-0.05, 0) is 7.05 Å². The van der Waals surface area contributed by atoms with Gasteiger partial charge in [-0.1, -0.05) is 0 Å². The highest BCUT2D eigenvalue weighted by Gasteiger charge is 2.14. The molecular weight excluding hydrogens is 206 g/mol. The van der Waals surface area contributed by atoms with Gasteiger partial charge in [-0.25, -0.2) is 5.01 Å². The highest BCUT2D eigenvalue weighted by molar-refractivity contribution is 5.47. The molecule has 0 spiro atoms. The van der Waals surface area contributed by atoms with E-state index in [2.05, 4.69) is 32.4 Å². The van der Waals surface area contributed by atoms with Crippen LogP contribution in [0.3, 0.4) is 0 Å². The summed E-state index contributed by atoms with van der Waals surface area (Å²) >= 11 is 0. The Morgan fingerprint density at radius 1 is 1.19 bits per heavy atom. The molecule has 0 aliphatic carbocycles. The molecule has 1 saturated heterocycles. The van der Waals surface area contributed by atoms with Crippen molar-refractivity contribution >= 4 is 17.6 Å². The third-order valence-electron chi connectivity index (χ3n) is 2.54. The Labute approximate surface area is 94.4 Å². The maximum Gasteiger partial charge on any atom is 0.223 e. The summed E-state index contributed by atoms with van der Waals surface area (Å²) in [6, 6.07) is 1.68. The second kappa shape index (κ2) is 4.50. The molecule has 7 nitrogen and oxygen atoms in total. The monoisotopic (exact) mass is 223 g/mol. The minimum absolute atomic E-state index is 0.191. The smallest absolute Gasteiger partial charge is 0.223 e. The standard InChI is InChI=1S/C9H17N7/c1-15-2-4-16(5-3-15)14-8-6-7(10)12-9(11)13-8/h6H,2-5H2,1H3,(H5,10,11,12,13,14). The van der Waals surface area contributed by atoms with Gasteiger partial charge in [-0.3, -0.25) is 0 Å². The predicted molar refractivity (Wildman–Crippen MR) is 63.5 cm³/mol. The number of hydrogen-bond acceptors (Lipinski definition) is 7. The molecule has 0 unspecified atom stereocenters. The second-order valence-corrected chi connectivity index (χ2v) is 3.94. The molecule has 1 fully saturated rings. The average Bonchev–Trinajstić information content (AvgIpc) is 2.20. The van der Waals surface area contributed by atoms with E-state index in [4.69, 9.17) is 11.5 Å². The van der Waals surface area contributed by atoms with Gasteiger partial charge in [0.2, 0.25) is 5.95 Å². The first-order valence-electron chi connectivity index (χ1n) is 5.23. The van der Waals surface area contributed by atoms with Gasteiger partial charge in [-0.15, -0.1) is 0 Å². The number of likely N-dealkylation sites (N-methyl/N-ethyl adjacent to an activating group) is 1. The van der Waals surface area contributed by atoms with Crippen LogP contribution in [0.1, 0.15) is 0 Å². The lowest BCUT2D eigenvalue weighted by Gasteiger charge is -2.32. The molecular formula is C9H17N7. The molecule has 0 amide bonds. The van der Waals surface area contributed by atoms with E-state index in [0.717, 1.165) is 26.2 Å². The number of nitrogens with two attached hydrogens (primary N) is 2. The van der Waals surface area contributed by atoms with Crippen molar-refractivity contribution in [2.75, 3.05) is 50.1 Å². The molecule has 0 atom stereocenters. The van der Waals surface area contributed by atoms with Crippen LogP contribution in [-0.4, -0.2) is 53.1 Å². The zero-order valence-corrected chi connectivity index (χ0v) is 9.35. The number of hydrazine groups is 1. The zero-order chi connectivity index (χ0) is 11.5. The van der Waals surface area contributed by atoms with Crippen LogP contribution in [-0.2, 0) is 0 Å². The normalized spacial score (nSPS) is 18.6. The van der Waals surface area contributed by atoms with Gasteiger partial charge in [0.15, 0.2) is 0 Å². The van der Waals surface area contributed by atoms with Crippen molar-refractivity contribution in [1.82, 2.24) is 19.9 Å². The molecule has 0 bridgehead atoms. The van der Waals surface area contributed by atoms with Crippen molar-refractivity contribution in [2.45, 2.75) is 0 Å². The number of rotatable bonds is 2. The number of nitrogens with zero attached hydrogens (tertiary/aromatic N) is 4. The van der Waals surface area contributed by atoms with Gasteiger partial charge >= 0.3 is 0 Å². The minimum Gasteiger partial charge on any atom is -0.383 e. The summed E-state index contributed by atoms with van der Waals surface area (Å²) in [7, 11) is 2.11. The van der Waals surface area contributed by atoms with Crippen LogP contribution in [0.15, 0.2) is 6.07 Å². The molecule has 16 heavy (non-hydrogen) atoms. The van der Waals surface area contributed by atoms with Crippen LogP contribution in [0.25, 0.3) is 0 Å². The lowest BCUT2D eigenvalue weighted by molar-refractivity contribution is 0.178. The molecule has 7 heteroatoms.